The van der Waals surface area contributed by atoms with E-state index in [0.717, 1.165) is 6.42 Å². The van der Waals surface area contributed by atoms with Crippen molar-refractivity contribution in [1.82, 2.24) is 0 Å². The highest BCUT2D eigenvalue weighted by atomic mass is 14.9. The molecule has 1 aliphatic carbocycles. The Morgan fingerprint density at radius 3 is 2.82 bits per heavy atom. The van der Waals surface area contributed by atoms with Gasteiger partial charge in [-0.3, -0.25) is 0 Å². The second-order valence-electron chi connectivity index (χ2n) is 5.14. The molecule has 1 nitrogen and oxygen atoms in total. The fraction of sp³-hybridized carbons (Fsp3) is 0.312. The molecule has 1 heterocycles. The second-order valence-corrected chi connectivity index (χ2v) is 5.14. The third-order valence-corrected chi connectivity index (χ3v) is 3.86. The SMILES string of the molecule is Cc1cccc2c1-c1c(ccc[n+]1C)C(C)C2. The van der Waals surface area contributed by atoms with Gasteiger partial charge in [-0.25, -0.2) is 4.57 Å². The lowest BCUT2D eigenvalue weighted by molar-refractivity contribution is -0.661. The number of nitrogens with zero attached hydrogens (tertiary/aromatic N) is 1. The Morgan fingerprint density at radius 2 is 2.00 bits per heavy atom. The van der Waals surface area contributed by atoms with E-state index in [4.69, 9.17) is 0 Å². The number of benzene rings is 1. The zero-order chi connectivity index (χ0) is 12.0. The van der Waals surface area contributed by atoms with Crippen molar-refractivity contribution in [3.05, 3.63) is 53.2 Å². The molecule has 86 valence electrons. The van der Waals surface area contributed by atoms with Crippen LogP contribution in [0.4, 0.5) is 0 Å². The number of fused-ring (bicyclic) bond motifs is 3. The lowest BCUT2D eigenvalue weighted by Gasteiger charge is -2.23. The molecule has 0 saturated heterocycles. The van der Waals surface area contributed by atoms with Gasteiger partial charge in [0.25, 0.3) is 0 Å². The maximum absolute atomic E-state index is 2.32. The predicted octanol–water partition coefficient (Wildman–Crippen LogP) is 3.15. The summed E-state index contributed by atoms with van der Waals surface area (Å²) in [5.74, 6) is 0.617. The molecule has 1 aliphatic rings. The van der Waals surface area contributed by atoms with Crippen molar-refractivity contribution in [2.75, 3.05) is 0 Å². The van der Waals surface area contributed by atoms with E-state index in [1.54, 1.807) is 0 Å². The van der Waals surface area contributed by atoms with Gasteiger partial charge < -0.3 is 0 Å². The van der Waals surface area contributed by atoms with Crippen LogP contribution in [0.3, 0.4) is 0 Å². The lowest BCUT2D eigenvalue weighted by Crippen LogP contribution is -2.34. The molecular formula is C16H18N+. The van der Waals surface area contributed by atoms with E-state index in [0.29, 0.717) is 5.92 Å². The van der Waals surface area contributed by atoms with Gasteiger partial charge in [0.15, 0.2) is 6.20 Å². The number of aromatic nitrogens is 1. The molecule has 17 heavy (non-hydrogen) atoms. The van der Waals surface area contributed by atoms with Crippen molar-refractivity contribution in [2.24, 2.45) is 7.05 Å². The maximum atomic E-state index is 2.32. The van der Waals surface area contributed by atoms with Gasteiger partial charge >= 0.3 is 0 Å². The van der Waals surface area contributed by atoms with Crippen LogP contribution in [-0.4, -0.2) is 0 Å². The fourth-order valence-electron chi connectivity index (χ4n) is 3.03. The summed E-state index contributed by atoms with van der Waals surface area (Å²) in [5.41, 5.74) is 7.21. The summed E-state index contributed by atoms with van der Waals surface area (Å²) < 4.78 is 2.26. The van der Waals surface area contributed by atoms with E-state index in [2.05, 4.69) is 62.0 Å². The second kappa shape index (κ2) is 3.69. The van der Waals surface area contributed by atoms with Crippen LogP contribution in [0.15, 0.2) is 36.5 Å². The molecule has 0 radical (unpaired) electrons. The summed E-state index contributed by atoms with van der Waals surface area (Å²) >= 11 is 0. The van der Waals surface area contributed by atoms with Crippen LogP contribution in [0, 0.1) is 6.92 Å². The number of hydrogen-bond donors (Lipinski definition) is 0. The van der Waals surface area contributed by atoms with Gasteiger partial charge in [-0.1, -0.05) is 25.1 Å². The zero-order valence-corrected chi connectivity index (χ0v) is 10.7. The topological polar surface area (TPSA) is 3.88 Å². The van der Waals surface area contributed by atoms with Crippen LogP contribution in [0.25, 0.3) is 11.3 Å². The molecule has 0 fully saturated rings. The van der Waals surface area contributed by atoms with Crippen LogP contribution < -0.4 is 4.57 Å². The predicted molar refractivity (Wildman–Crippen MR) is 69.9 cm³/mol. The van der Waals surface area contributed by atoms with Gasteiger partial charge in [-0.2, -0.15) is 0 Å². The monoisotopic (exact) mass is 224 g/mol. The largest absolute Gasteiger partial charge is 0.216 e. The summed E-state index contributed by atoms with van der Waals surface area (Å²) in [6, 6.07) is 11.1. The average molecular weight is 224 g/mol. The van der Waals surface area contributed by atoms with E-state index >= 15 is 0 Å². The maximum Gasteiger partial charge on any atom is 0.216 e. The zero-order valence-electron chi connectivity index (χ0n) is 10.7. The first-order chi connectivity index (χ1) is 8.18. The Morgan fingerprint density at radius 1 is 1.18 bits per heavy atom. The molecule has 0 spiro atoms. The Labute approximate surface area is 103 Å². The van der Waals surface area contributed by atoms with Crippen LogP contribution >= 0.6 is 0 Å². The summed E-state index contributed by atoms with van der Waals surface area (Å²) in [5, 5.41) is 0. The van der Waals surface area contributed by atoms with E-state index in [1.165, 1.54) is 27.9 Å². The highest BCUT2D eigenvalue weighted by molar-refractivity contribution is 5.71. The van der Waals surface area contributed by atoms with E-state index < -0.39 is 0 Å². The van der Waals surface area contributed by atoms with E-state index in [9.17, 15) is 0 Å². The van der Waals surface area contributed by atoms with Gasteiger partial charge in [-0.05, 0) is 36.5 Å². The standard InChI is InChI=1S/C16H18N/c1-11-6-4-7-13-10-12(2)14-8-5-9-17(3)16(14)15(11)13/h4-9,12H,10H2,1-3H3/q+1. The van der Waals surface area contributed by atoms with E-state index in [1.807, 2.05) is 0 Å². The molecule has 1 heteroatoms. The molecule has 1 unspecified atom stereocenters. The van der Waals surface area contributed by atoms with Crippen LogP contribution in [0.1, 0.15) is 29.5 Å². The van der Waals surface area contributed by atoms with Crippen LogP contribution in [0.5, 0.6) is 0 Å². The molecular weight excluding hydrogens is 206 g/mol. The molecule has 2 aromatic rings. The minimum Gasteiger partial charge on any atom is -0.201 e. The quantitative estimate of drug-likeness (QED) is 0.605. The Balaban J connectivity index is 2.39. The molecule has 0 saturated carbocycles. The normalized spacial score (nSPS) is 17.5. The molecule has 3 rings (SSSR count). The first-order valence-electron chi connectivity index (χ1n) is 6.26. The first kappa shape index (κ1) is 10.5. The Kier molecular flexibility index (Phi) is 2.29. The van der Waals surface area contributed by atoms with Gasteiger partial charge in [0.1, 0.15) is 7.05 Å². The minimum atomic E-state index is 0.617. The fourth-order valence-corrected chi connectivity index (χ4v) is 3.03. The number of rotatable bonds is 0. The number of aryl methyl sites for hydroxylation is 2. The van der Waals surface area contributed by atoms with Crippen molar-refractivity contribution in [3.63, 3.8) is 0 Å². The molecule has 0 N–H and O–H groups in total. The minimum absolute atomic E-state index is 0.617. The molecule has 0 bridgehead atoms. The van der Waals surface area contributed by atoms with Crippen molar-refractivity contribution in [3.8, 4) is 11.3 Å². The molecule has 1 atom stereocenters. The first-order valence-corrected chi connectivity index (χ1v) is 6.26. The van der Waals surface area contributed by atoms with E-state index in [-0.39, 0.29) is 0 Å². The average Bonchev–Trinajstić information content (AvgIpc) is 2.30. The molecule has 0 amide bonds. The van der Waals surface area contributed by atoms with Crippen molar-refractivity contribution in [1.29, 1.82) is 0 Å². The molecule has 0 aliphatic heterocycles. The smallest absolute Gasteiger partial charge is 0.201 e. The van der Waals surface area contributed by atoms with Crippen molar-refractivity contribution < 1.29 is 4.57 Å². The highest BCUT2D eigenvalue weighted by Crippen LogP contribution is 2.38. The van der Waals surface area contributed by atoms with Gasteiger partial charge in [0.2, 0.25) is 5.69 Å². The van der Waals surface area contributed by atoms with Gasteiger partial charge in [0, 0.05) is 11.6 Å². The lowest BCUT2D eigenvalue weighted by atomic mass is 9.80. The summed E-state index contributed by atoms with van der Waals surface area (Å²) in [6.45, 7) is 4.54. The molecule has 1 aromatic heterocycles. The van der Waals surface area contributed by atoms with Gasteiger partial charge in [0.05, 0.1) is 5.56 Å². The van der Waals surface area contributed by atoms with Crippen LogP contribution in [0.2, 0.25) is 0 Å². The highest BCUT2D eigenvalue weighted by Gasteiger charge is 2.29. The third kappa shape index (κ3) is 1.49. The number of pyridine rings is 1. The van der Waals surface area contributed by atoms with Crippen molar-refractivity contribution >= 4 is 0 Å². The van der Waals surface area contributed by atoms with Gasteiger partial charge in [-0.15, -0.1) is 0 Å². The van der Waals surface area contributed by atoms with Crippen LogP contribution in [-0.2, 0) is 13.5 Å². The Bertz CT molecular complexity index is 584. The molecule has 1 aromatic carbocycles. The summed E-state index contributed by atoms with van der Waals surface area (Å²) in [6.07, 6.45) is 3.31. The summed E-state index contributed by atoms with van der Waals surface area (Å²) in [7, 11) is 2.15. The third-order valence-electron chi connectivity index (χ3n) is 3.86. The van der Waals surface area contributed by atoms with Crippen molar-refractivity contribution in [2.45, 2.75) is 26.2 Å². The Hall–Kier alpha value is -1.63. The number of hydrogen-bond acceptors (Lipinski definition) is 0. The summed E-state index contributed by atoms with van der Waals surface area (Å²) in [4.78, 5) is 0.